The third-order valence-corrected chi connectivity index (χ3v) is 7.17. The summed E-state index contributed by atoms with van der Waals surface area (Å²) in [6.45, 7) is 10.0. The zero-order valence-corrected chi connectivity index (χ0v) is 18.9. The van der Waals surface area contributed by atoms with Gasteiger partial charge in [0.25, 0.3) is 0 Å². The molecular weight excluding hydrogens is 394 g/mol. The van der Waals surface area contributed by atoms with Gasteiger partial charge in [0.05, 0.1) is 17.1 Å². The minimum atomic E-state index is -1.16. The van der Waals surface area contributed by atoms with Crippen LogP contribution in [0.1, 0.15) is 18.5 Å². The number of piperidine rings is 1. The number of aromatic nitrogens is 3. The first kappa shape index (κ1) is 20.8. The molecule has 158 valence electrons. The molecule has 1 fully saturated rings. The second-order valence-corrected chi connectivity index (χ2v) is 14.7. The van der Waals surface area contributed by atoms with Crippen LogP contribution >= 0.6 is 0 Å². The van der Waals surface area contributed by atoms with E-state index in [1.165, 1.54) is 0 Å². The normalized spacial score (nSPS) is 17.3. The average molecular weight is 424 g/mol. The SMILES string of the molecule is C[Si](C)(C)CCOCn1c2cnc(C#N)cc2c2c(O[C@@H]3CCCNC3)ccnc21. The minimum absolute atomic E-state index is 0.132. The fourth-order valence-corrected chi connectivity index (χ4v) is 4.55. The highest BCUT2D eigenvalue weighted by molar-refractivity contribution is 6.76. The molecule has 3 aromatic heterocycles. The molecule has 3 aromatic rings. The summed E-state index contributed by atoms with van der Waals surface area (Å²) in [5.74, 6) is 0.801. The maximum absolute atomic E-state index is 9.36. The fraction of sp³-hybridized carbons (Fsp3) is 0.500. The Kier molecular flexibility index (Phi) is 6.04. The first-order valence-electron chi connectivity index (χ1n) is 10.6. The summed E-state index contributed by atoms with van der Waals surface area (Å²) in [7, 11) is -1.16. The standard InChI is InChI=1S/C22H29N5O2Si/c1-30(2,3)10-9-28-15-27-19-14-26-16(12-23)11-18(19)21-20(6-8-25-22(21)27)29-17-5-4-7-24-13-17/h6,8,11,14,17,24H,4-5,7,9-10,13,15H2,1-3H3/t17-/m1/s1. The third kappa shape index (κ3) is 4.48. The summed E-state index contributed by atoms with van der Waals surface area (Å²) in [4.78, 5) is 8.93. The molecule has 4 rings (SSSR count). The van der Waals surface area contributed by atoms with E-state index in [2.05, 4.69) is 41.0 Å². The van der Waals surface area contributed by atoms with Crippen LogP contribution in [0.5, 0.6) is 5.75 Å². The molecule has 8 heteroatoms. The molecule has 0 unspecified atom stereocenters. The lowest BCUT2D eigenvalue weighted by Crippen LogP contribution is -2.37. The van der Waals surface area contributed by atoms with E-state index in [1.807, 2.05) is 16.7 Å². The van der Waals surface area contributed by atoms with E-state index in [9.17, 15) is 5.26 Å². The van der Waals surface area contributed by atoms with Crippen molar-refractivity contribution in [2.45, 2.75) is 51.4 Å². The van der Waals surface area contributed by atoms with Crippen molar-refractivity contribution in [2.24, 2.45) is 0 Å². The average Bonchev–Trinajstić information content (AvgIpc) is 3.05. The van der Waals surface area contributed by atoms with Gasteiger partial charge in [0, 0.05) is 32.8 Å². The van der Waals surface area contributed by atoms with Gasteiger partial charge in [-0.1, -0.05) is 19.6 Å². The molecule has 4 heterocycles. The zero-order chi connectivity index (χ0) is 21.1. The monoisotopic (exact) mass is 423 g/mol. The molecule has 30 heavy (non-hydrogen) atoms. The number of fused-ring (bicyclic) bond motifs is 3. The molecule has 7 nitrogen and oxygen atoms in total. The van der Waals surface area contributed by atoms with Crippen LogP contribution in [-0.4, -0.2) is 48.4 Å². The van der Waals surface area contributed by atoms with Crippen LogP contribution in [0.2, 0.25) is 25.7 Å². The zero-order valence-electron chi connectivity index (χ0n) is 17.9. The van der Waals surface area contributed by atoms with E-state index in [0.29, 0.717) is 12.4 Å². The van der Waals surface area contributed by atoms with Crippen molar-refractivity contribution in [1.82, 2.24) is 19.9 Å². The van der Waals surface area contributed by atoms with Crippen molar-refractivity contribution < 1.29 is 9.47 Å². The maximum atomic E-state index is 9.36. The van der Waals surface area contributed by atoms with E-state index in [1.54, 1.807) is 12.4 Å². The van der Waals surface area contributed by atoms with Crippen molar-refractivity contribution >= 4 is 30.0 Å². The Balaban J connectivity index is 1.73. The summed E-state index contributed by atoms with van der Waals surface area (Å²) in [6, 6.07) is 6.99. The van der Waals surface area contributed by atoms with Crippen LogP contribution in [0.4, 0.5) is 0 Å². The number of nitriles is 1. The van der Waals surface area contributed by atoms with Crippen LogP contribution in [-0.2, 0) is 11.5 Å². The van der Waals surface area contributed by atoms with Crippen molar-refractivity contribution in [3.8, 4) is 11.8 Å². The van der Waals surface area contributed by atoms with E-state index in [0.717, 1.165) is 66.3 Å². The highest BCUT2D eigenvalue weighted by Gasteiger charge is 2.21. The van der Waals surface area contributed by atoms with Gasteiger partial charge in [-0.2, -0.15) is 5.26 Å². The summed E-state index contributed by atoms with van der Waals surface area (Å²) in [5, 5.41) is 14.6. The molecule has 0 saturated carbocycles. The Labute approximate surface area is 178 Å². The van der Waals surface area contributed by atoms with Gasteiger partial charge in [-0.05, 0) is 37.6 Å². The van der Waals surface area contributed by atoms with E-state index >= 15 is 0 Å². The molecule has 1 aliphatic heterocycles. The molecule has 0 spiro atoms. The van der Waals surface area contributed by atoms with Gasteiger partial charge in [0.15, 0.2) is 0 Å². The molecule has 1 aliphatic rings. The van der Waals surface area contributed by atoms with Crippen LogP contribution in [0.15, 0.2) is 24.5 Å². The lowest BCUT2D eigenvalue weighted by Gasteiger charge is -2.24. The van der Waals surface area contributed by atoms with Gasteiger partial charge >= 0.3 is 0 Å². The summed E-state index contributed by atoms with van der Waals surface area (Å²) in [6.07, 6.45) is 5.79. The van der Waals surface area contributed by atoms with Gasteiger partial charge in [0.1, 0.15) is 36.0 Å². The molecule has 0 bridgehead atoms. The molecular formula is C22H29N5O2Si. The molecule has 0 amide bonds. The third-order valence-electron chi connectivity index (χ3n) is 5.47. The second-order valence-electron chi connectivity index (χ2n) is 9.07. The number of hydrogen-bond acceptors (Lipinski definition) is 6. The Morgan fingerprint density at radius 1 is 1.33 bits per heavy atom. The van der Waals surface area contributed by atoms with Gasteiger partial charge in [0.2, 0.25) is 0 Å². The Hall–Kier alpha value is -2.47. The van der Waals surface area contributed by atoms with Crippen LogP contribution in [0.25, 0.3) is 21.9 Å². The number of hydrogen-bond donors (Lipinski definition) is 1. The van der Waals surface area contributed by atoms with Crippen LogP contribution in [0, 0.1) is 11.3 Å². The Bertz CT molecular complexity index is 1080. The lowest BCUT2D eigenvalue weighted by atomic mass is 10.1. The van der Waals surface area contributed by atoms with Crippen molar-refractivity contribution in [3.05, 3.63) is 30.2 Å². The van der Waals surface area contributed by atoms with Crippen LogP contribution < -0.4 is 10.1 Å². The van der Waals surface area contributed by atoms with Gasteiger partial charge in [-0.3, -0.25) is 4.57 Å². The number of nitrogens with zero attached hydrogens (tertiary/aromatic N) is 4. The first-order valence-corrected chi connectivity index (χ1v) is 14.3. The van der Waals surface area contributed by atoms with Crippen molar-refractivity contribution in [3.63, 3.8) is 0 Å². The van der Waals surface area contributed by atoms with Crippen molar-refractivity contribution in [2.75, 3.05) is 19.7 Å². The van der Waals surface area contributed by atoms with Crippen LogP contribution in [0.3, 0.4) is 0 Å². The van der Waals surface area contributed by atoms with E-state index < -0.39 is 8.07 Å². The Morgan fingerprint density at radius 3 is 2.93 bits per heavy atom. The van der Waals surface area contributed by atoms with E-state index in [-0.39, 0.29) is 6.10 Å². The largest absolute Gasteiger partial charge is 0.488 e. The van der Waals surface area contributed by atoms with E-state index in [4.69, 9.17) is 9.47 Å². The molecule has 0 radical (unpaired) electrons. The molecule has 1 saturated heterocycles. The van der Waals surface area contributed by atoms with Gasteiger partial charge < -0.3 is 14.8 Å². The number of rotatable bonds is 7. The second kappa shape index (κ2) is 8.72. The molecule has 1 N–H and O–H groups in total. The summed E-state index contributed by atoms with van der Waals surface area (Å²) >= 11 is 0. The highest BCUT2D eigenvalue weighted by atomic mass is 28.3. The Morgan fingerprint density at radius 2 is 2.20 bits per heavy atom. The minimum Gasteiger partial charge on any atom is -0.488 e. The van der Waals surface area contributed by atoms with Gasteiger partial charge in [-0.15, -0.1) is 0 Å². The fourth-order valence-electron chi connectivity index (χ4n) is 3.79. The topological polar surface area (TPSA) is 85.0 Å². The summed E-state index contributed by atoms with van der Waals surface area (Å²) in [5.41, 5.74) is 2.09. The number of pyridine rings is 2. The maximum Gasteiger partial charge on any atom is 0.146 e. The highest BCUT2D eigenvalue weighted by Crippen LogP contribution is 2.35. The molecule has 0 aromatic carbocycles. The predicted molar refractivity (Wildman–Crippen MR) is 120 cm³/mol. The first-order chi connectivity index (χ1) is 14.5. The van der Waals surface area contributed by atoms with Gasteiger partial charge in [-0.25, -0.2) is 9.97 Å². The molecule has 1 atom stereocenters. The number of nitrogens with one attached hydrogen (secondary N) is 1. The summed E-state index contributed by atoms with van der Waals surface area (Å²) < 4.78 is 14.4. The lowest BCUT2D eigenvalue weighted by molar-refractivity contribution is 0.0925. The number of ether oxygens (including phenoxy) is 2. The molecule has 0 aliphatic carbocycles. The smallest absolute Gasteiger partial charge is 0.146 e. The predicted octanol–water partition coefficient (Wildman–Crippen LogP) is 3.90. The van der Waals surface area contributed by atoms with Crippen molar-refractivity contribution in [1.29, 1.82) is 5.26 Å². The quantitative estimate of drug-likeness (QED) is 0.458.